The third-order valence-corrected chi connectivity index (χ3v) is 3.47. The average Bonchev–Trinajstić information content (AvgIpc) is 2.31. The van der Waals surface area contributed by atoms with Gasteiger partial charge in [0.05, 0.1) is 26.2 Å². The van der Waals surface area contributed by atoms with Crippen molar-refractivity contribution in [3.63, 3.8) is 0 Å². The van der Waals surface area contributed by atoms with E-state index < -0.39 is 0 Å². The van der Waals surface area contributed by atoms with E-state index in [-0.39, 0.29) is 0 Å². The third kappa shape index (κ3) is 6.32. The lowest BCUT2D eigenvalue weighted by Gasteiger charge is -2.38. The van der Waals surface area contributed by atoms with Crippen LogP contribution < -0.4 is 0 Å². The number of unbranched alkanes of at least 4 members (excludes halogenated alkanes) is 3. The maximum atomic E-state index is 3.95. The molecule has 0 amide bonds. The number of nitrogens with zero attached hydrogens (tertiary/aromatic N) is 1. The fourth-order valence-electron chi connectivity index (χ4n) is 2.36. The molecule has 1 heteroatoms. The summed E-state index contributed by atoms with van der Waals surface area (Å²) >= 11 is 0. The first-order chi connectivity index (χ1) is 7.74. The fourth-order valence-corrected chi connectivity index (χ4v) is 2.36. The molecule has 0 aromatic carbocycles. The molecule has 0 aliphatic carbocycles. The van der Waals surface area contributed by atoms with E-state index >= 15 is 0 Å². The number of hydrogen-bond donors (Lipinski definition) is 0. The Balaban J connectivity index is 4.37. The van der Waals surface area contributed by atoms with Gasteiger partial charge in [-0.3, -0.25) is 0 Å². The van der Waals surface area contributed by atoms with E-state index in [4.69, 9.17) is 0 Å². The maximum Gasteiger partial charge on any atom is 0.0971 e. The molecule has 0 fully saturated rings. The van der Waals surface area contributed by atoms with Crippen LogP contribution in [-0.2, 0) is 0 Å². The Morgan fingerprint density at radius 1 is 0.812 bits per heavy atom. The zero-order valence-electron chi connectivity index (χ0n) is 11.8. The van der Waals surface area contributed by atoms with Gasteiger partial charge in [0.15, 0.2) is 0 Å². The Kier molecular flexibility index (Phi) is 9.71. The van der Waals surface area contributed by atoms with E-state index in [1.165, 1.54) is 69.2 Å². The second-order valence-corrected chi connectivity index (χ2v) is 5.04. The van der Waals surface area contributed by atoms with E-state index in [0.29, 0.717) is 0 Å². The van der Waals surface area contributed by atoms with Crippen LogP contribution in [0.5, 0.6) is 0 Å². The summed E-state index contributed by atoms with van der Waals surface area (Å²) in [5, 5.41) is 0. The second kappa shape index (κ2) is 9.89. The summed E-state index contributed by atoms with van der Waals surface area (Å²) in [6.45, 7) is 16.1. The van der Waals surface area contributed by atoms with Crippen LogP contribution in [0, 0.1) is 0 Å². The van der Waals surface area contributed by atoms with Gasteiger partial charge in [0.25, 0.3) is 0 Å². The fraction of sp³-hybridized carbons (Fsp3) is 0.867. The topological polar surface area (TPSA) is 0 Å². The Morgan fingerprint density at radius 3 is 1.44 bits per heavy atom. The van der Waals surface area contributed by atoms with Crippen molar-refractivity contribution in [2.24, 2.45) is 0 Å². The summed E-state index contributed by atoms with van der Waals surface area (Å²) in [6.07, 6.45) is 10.2. The summed E-state index contributed by atoms with van der Waals surface area (Å²) in [6, 6.07) is 0. The largest absolute Gasteiger partial charge is 0.320 e. The molecule has 0 radical (unpaired) electrons. The van der Waals surface area contributed by atoms with E-state index in [2.05, 4.69) is 33.4 Å². The number of quaternary nitrogens is 1. The molecule has 0 rings (SSSR count). The molecule has 0 spiro atoms. The molecule has 16 heavy (non-hydrogen) atoms. The van der Waals surface area contributed by atoms with Crippen LogP contribution in [0.1, 0.15) is 59.3 Å². The molecule has 0 aromatic rings. The molecule has 0 saturated carbocycles. The van der Waals surface area contributed by atoms with E-state index in [0.717, 1.165) is 0 Å². The Labute approximate surface area is 103 Å². The van der Waals surface area contributed by atoms with Crippen molar-refractivity contribution in [2.45, 2.75) is 59.3 Å². The lowest BCUT2D eigenvalue weighted by Crippen LogP contribution is -2.50. The molecule has 0 heterocycles. The van der Waals surface area contributed by atoms with Gasteiger partial charge in [-0.15, -0.1) is 0 Å². The highest BCUT2D eigenvalue weighted by Gasteiger charge is 2.23. The quantitative estimate of drug-likeness (QED) is 0.362. The monoisotopic (exact) mass is 226 g/mol. The molecule has 0 aliphatic rings. The second-order valence-electron chi connectivity index (χ2n) is 5.04. The molecule has 0 bridgehead atoms. The first-order valence-electron chi connectivity index (χ1n) is 7.20. The minimum absolute atomic E-state index is 1.17. The highest BCUT2D eigenvalue weighted by Crippen LogP contribution is 2.14. The molecule has 96 valence electrons. The van der Waals surface area contributed by atoms with Gasteiger partial charge < -0.3 is 4.48 Å². The smallest absolute Gasteiger partial charge is 0.0971 e. The van der Waals surface area contributed by atoms with Crippen molar-refractivity contribution in [1.82, 2.24) is 0 Å². The van der Waals surface area contributed by atoms with Gasteiger partial charge in [0, 0.05) is 0 Å². The molecular weight excluding hydrogens is 194 g/mol. The standard InChI is InChI=1S/C15H32N/c1-5-9-13-16(12-8-4,14-10-6-2)15-11-7-3/h8H,4-7,9-15H2,1-3H3/q+1. The Morgan fingerprint density at radius 2 is 1.19 bits per heavy atom. The lowest BCUT2D eigenvalue weighted by molar-refractivity contribution is -0.923. The molecule has 0 aromatic heterocycles. The Bertz CT molecular complexity index is 141. The summed E-state index contributed by atoms with van der Waals surface area (Å²) in [7, 11) is 0. The molecular formula is C15H32N+. The zero-order valence-corrected chi connectivity index (χ0v) is 11.8. The van der Waals surface area contributed by atoms with Gasteiger partial charge >= 0.3 is 0 Å². The van der Waals surface area contributed by atoms with Crippen molar-refractivity contribution in [3.8, 4) is 0 Å². The summed E-state index contributed by atoms with van der Waals surface area (Å²) in [4.78, 5) is 0. The highest BCUT2D eigenvalue weighted by molar-refractivity contribution is 4.66. The predicted molar refractivity (Wildman–Crippen MR) is 74.6 cm³/mol. The van der Waals surface area contributed by atoms with Gasteiger partial charge in [-0.2, -0.15) is 0 Å². The minimum Gasteiger partial charge on any atom is -0.320 e. The van der Waals surface area contributed by atoms with Gasteiger partial charge in [0.2, 0.25) is 0 Å². The lowest BCUT2D eigenvalue weighted by atomic mass is 10.1. The molecule has 0 N–H and O–H groups in total. The third-order valence-electron chi connectivity index (χ3n) is 3.47. The predicted octanol–water partition coefficient (Wildman–Crippen LogP) is 4.39. The normalized spacial score (nSPS) is 11.7. The van der Waals surface area contributed by atoms with Gasteiger partial charge in [-0.05, 0) is 25.3 Å². The van der Waals surface area contributed by atoms with Crippen molar-refractivity contribution < 1.29 is 4.48 Å². The van der Waals surface area contributed by atoms with Crippen LogP contribution in [0.3, 0.4) is 0 Å². The van der Waals surface area contributed by atoms with Gasteiger partial charge in [0.1, 0.15) is 0 Å². The minimum atomic E-state index is 1.17. The average molecular weight is 226 g/mol. The molecule has 0 aliphatic heterocycles. The van der Waals surface area contributed by atoms with Crippen molar-refractivity contribution in [3.05, 3.63) is 12.7 Å². The molecule has 0 atom stereocenters. The molecule has 0 saturated heterocycles. The van der Waals surface area contributed by atoms with Crippen LogP contribution in [0.15, 0.2) is 12.7 Å². The van der Waals surface area contributed by atoms with Crippen LogP contribution in [0.2, 0.25) is 0 Å². The zero-order chi connectivity index (χ0) is 12.3. The van der Waals surface area contributed by atoms with Gasteiger partial charge in [-0.1, -0.05) is 46.6 Å². The van der Waals surface area contributed by atoms with E-state index in [9.17, 15) is 0 Å². The summed E-state index contributed by atoms with van der Waals surface area (Å²) < 4.78 is 1.29. The van der Waals surface area contributed by atoms with Crippen molar-refractivity contribution in [1.29, 1.82) is 0 Å². The van der Waals surface area contributed by atoms with E-state index in [1.54, 1.807) is 0 Å². The van der Waals surface area contributed by atoms with Gasteiger partial charge in [-0.25, -0.2) is 0 Å². The number of hydrogen-bond acceptors (Lipinski definition) is 0. The SMILES string of the molecule is C=CC[N+](CCCC)(CCCC)CCCC. The summed E-state index contributed by atoms with van der Waals surface area (Å²) in [5.41, 5.74) is 0. The Hall–Kier alpha value is -0.300. The van der Waals surface area contributed by atoms with Crippen LogP contribution in [-0.4, -0.2) is 30.7 Å². The van der Waals surface area contributed by atoms with Crippen molar-refractivity contribution >= 4 is 0 Å². The first-order valence-corrected chi connectivity index (χ1v) is 7.20. The maximum absolute atomic E-state index is 3.95. The van der Waals surface area contributed by atoms with Crippen LogP contribution in [0.25, 0.3) is 0 Å². The molecule has 0 unspecified atom stereocenters. The van der Waals surface area contributed by atoms with Crippen LogP contribution in [0.4, 0.5) is 0 Å². The van der Waals surface area contributed by atoms with Crippen molar-refractivity contribution in [2.75, 3.05) is 26.2 Å². The summed E-state index contributed by atoms with van der Waals surface area (Å²) in [5.74, 6) is 0. The highest BCUT2D eigenvalue weighted by atomic mass is 15.3. The van der Waals surface area contributed by atoms with E-state index in [1.807, 2.05) is 0 Å². The molecule has 1 nitrogen and oxygen atoms in total. The number of rotatable bonds is 11. The first kappa shape index (κ1) is 15.7. The van der Waals surface area contributed by atoms with Crippen LogP contribution >= 0.6 is 0 Å².